The van der Waals surface area contributed by atoms with Gasteiger partial charge in [0.1, 0.15) is 16.2 Å². The average Bonchev–Trinajstić information content (AvgIpc) is 2.30. The number of rotatable bonds is 3. The fourth-order valence-corrected chi connectivity index (χ4v) is 2.25. The van der Waals surface area contributed by atoms with E-state index < -0.39 is 4.92 Å². The standard InChI is InChI=1S/C13H12BrN3O3/c1-7-4-8(2)11(5-10(7)17(18)19)20-13-6-12(14)15-9(3)16-13/h4-6H,1-3H3. The Kier molecular flexibility index (Phi) is 3.99. The Hall–Kier alpha value is -2.02. The zero-order valence-corrected chi connectivity index (χ0v) is 12.8. The zero-order valence-electron chi connectivity index (χ0n) is 11.2. The van der Waals surface area contributed by atoms with E-state index in [1.54, 1.807) is 26.0 Å². The molecule has 20 heavy (non-hydrogen) atoms. The third kappa shape index (κ3) is 3.11. The van der Waals surface area contributed by atoms with E-state index in [1.165, 1.54) is 6.07 Å². The molecule has 1 heterocycles. The van der Waals surface area contributed by atoms with Crippen LogP contribution in [0.1, 0.15) is 17.0 Å². The summed E-state index contributed by atoms with van der Waals surface area (Å²) in [6.07, 6.45) is 0. The summed E-state index contributed by atoms with van der Waals surface area (Å²) in [6, 6.07) is 4.74. The van der Waals surface area contributed by atoms with Crippen LogP contribution in [-0.2, 0) is 0 Å². The van der Waals surface area contributed by atoms with Gasteiger partial charge < -0.3 is 4.74 Å². The third-order valence-electron chi connectivity index (χ3n) is 2.69. The highest BCUT2D eigenvalue weighted by Crippen LogP contribution is 2.31. The Morgan fingerprint density at radius 3 is 2.45 bits per heavy atom. The van der Waals surface area contributed by atoms with Gasteiger partial charge in [0.2, 0.25) is 5.88 Å². The molecule has 1 aromatic carbocycles. The van der Waals surface area contributed by atoms with E-state index in [0.717, 1.165) is 5.56 Å². The number of nitrogens with zero attached hydrogens (tertiary/aromatic N) is 3. The second-order valence-corrected chi connectivity index (χ2v) is 5.15. The van der Waals surface area contributed by atoms with Crippen LogP contribution >= 0.6 is 15.9 Å². The summed E-state index contributed by atoms with van der Waals surface area (Å²) in [4.78, 5) is 18.7. The van der Waals surface area contributed by atoms with Crippen LogP contribution in [0.15, 0.2) is 22.8 Å². The molecule has 0 aliphatic rings. The number of hydrogen-bond acceptors (Lipinski definition) is 5. The maximum atomic E-state index is 11.0. The summed E-state index contributed by atoms with van der Waals surface area (Å²) in [5.41, 5.74) is 1.43. The molecule has 6 nitrogen and oxygen atoms in total. The van der Waals surface area contributed by atoms with E-state index in [2.05, 4.69) is 25.9 Å². The Bertz CT molecular complexity index is 669. The Labute approximate surface area is 124 Å². The number of halogens is 1. The molecule has 0 fully saturated rings. The van der Waals surface area contributed by atoms with Crippen LogP contribution in [0.4, 0.5) is 5.69 Å². The summed E-state index contributed by atoms with van der Waals surface area (Å²) in [5.74, 6) is 1.30. The molecule has 7 heteroatoms. The minimum absolute atomic E-state index is 0.0236. The molecule has 104 valence electrons. The lowest BCUT2D eigenvalue weighted by Gasteiger charge is -2.09. The minimum Gasteiger partial charge on any atom is -0.438 e. The molecular formula is C13H12BrN3O3. The van der Waals surface area contributed by atoms with Crippen LogP contribution in [0.25, 0.3) is 0 Å². The zero-order chi connectivity index (χ0) is 14.9. The van der Waals surface area contributed by atoms with Crippen LogP contribution in [0.3, 0.4) is 0 Å². The van der Waals surface area contributed by atoms with Gasteiger partial charge in [-0.1, -0.05) is 0 Å². The number of aromatic nitrogens is 2. The molecule has 0 unspecified atom stereocenters. The molecule has 0 saturated carbocycles. The van der Waals surface area contributed by atoms with E-state index >= 15 is 0 Å². The molecule has 0 N–H and O–H groups in total. The summed E-state index contributed by atoms with van der Waals surface area (Å²) >= 11 is 3.25. The van der Waals surface area contributed by atoms with Crippen molar-refractivity contribution in [3.05, 3.63) is 49.9 Å². The van der Waals surface area contributed by atoms with Gasteiger partial charge >= 0.3 is 0 Å². The molecule has 1 aromatic heterocycles. The molecule has 0 amide bonds. The van der Waals surface area contributed by atoms with E-state index in [1.807, 2.05) is 6.92 Å². The van der Waals surface area contributed by atoms with Gasteiger partial charge in [0.15, 0.2) is 0 Å². The predicted molar refractivity (Wildman–Crippen MR) is 77.1 cm³/mol. The predicted octanol–water partition coefficient (Wildman–Crippen LogP) is 3.86. The van der Waals surface area contributed by atoms with Crippen LogP contribution in [0.5, 0.6) is 11.6 Å². The van der Waals surface area contributed by atoms with Gasteiger partial charge in [-0.05, 0) is 48.3 Å². The van der Waals surface area contributed by atoms with Gasteiger partial charge in [-0.2, -0.15) is 4.98 Å². The molecular weight excluding hydrogens is 326 g/mol. The number of aryl methyl sites for hydroxylation is 3. The van der Waals surface area contributed by atoms with Crippen molar-refractivity contribution >= 4 is 21.6 Å². The van der Waals surface area contributed by atoms with Crippen molar-refractivity contribution in [3.8, 4) is 11.6 Å². The highest BCUT2D eigenvalue weighted by atomic mass is 79.9. The average molecular weight is 338 g/mol. The Morgan fingerprint density at radius 2 is 1.85 bits per heavy atom. The normalized spacial score (nSPS) is 10.4. The van der Waals surface area contributed by atoms with E-state index in [9.17, 15) is 10.1 Å². The molecule has 0 aliphatic carbocycles. The molecule has 0 saturated heterocycles. The summed E-state index contributed by atoms with van der Waals surface area (Å²) in [5, 5.41) is 11.0. The molecule has 0 radical (unpaired) electrons. The van der Waals surface area contributed by atoms with Gasteiger partial charge in [-0.25, -0.2) is 4.98 Å². The van der Waals surface area contributed by atoms with Crippen LogP contribution < -0.4 is 4.74 Å². The topological polar surface area (TPSA) is 78.2 Å². The van der Waals surface area contributed by atoms with E-state index in [4.69, 9.17) is 4.74 Å². The third-order valence-corrected chi connectivity index (χ3v) is 3.09. The highest BCUT2D eigenvalue weighted by Gasteiger charge is 2.15. The second-order valence-electron chi connectivity index (χ2n) is 4.34. The van der Waals surface area contributed by atoms with E-state index in [0.29, 0.717) is 27.6 Å². The fraction of sp³-hybridized carbons (Fsp3) is 0.231. The minimum atomic E-state index is -0.428. The number of hydrogen-bond donors (Lipinski definition) is 0. The number of ether oxygens (including phenoxy) is 1. The molecule has 2 aromatic rings. The maximum absolute atomic E-state index is 11.0. The number of nitro benzene ring substituents is 1. The monoisotopic (exact) mass is 337 g/mol. The van der Waals surface area contributed by atoms with Gasteiger partial charge in [-0.15, -0.1) is 0 Å². The van der Waals surface area contributed by atoms with Crippen molar-refractivity contribution in [2.45, 2.75) is 20.8 Å². The van der Waals surface area contributed by atoms with Crippen LogP contribution in [0, 0.1) is 30.9 Å². The van der Waals surface area contributed by atoms with Gasteiger partial charge in [-0.3, -0.25) is 10.1 Å². The van der Waals surface area contributed by atoms with Crippen molar-refractivity contribution in [1.29, 1.82) is 0 Å². The first-order chi connectivity index (χ1) is 9.36. The van der Waals surface area contributed by atoms with Crippen molar-refractivity contribution < 1.29 is 9.66 Å². The SMILES string of the molecule is Cc1nc(Br)cc(Oc2cc([N+](=O)[O-])c(C)cc2C)n1. The number of benzene rings is 1. The second kappa shape index (κ2) is 5.54. The van der Waals surface area contributed by atoms with Crippen molar-refractivity contribution in [2.24, 2.45) is 0 Å². The van der Waals surface area contributed by atoms with Crippen molar-refractivity contribution in [1.82, 2.24) is 9.97 Å². The lowest BCUT2D eigenvalue weighted by atomic mass is 10.1. The van der Waals surface area contributed by atoms with Gasteiger partial charge in [0.05, 0.1) is 11.0 Å². The first-order valence-corrected chi connectivity index (χ1v) is 6.61. The smallest absolute Gasteiger partial charge is 0.276 e. The summed E-state index contributed by atoms with van der Waals surface area (Å²) in [6.45, 7) is 5.26. The molecule has 0 spiro atoms. The van der Waals surface area contributed by atoms with Crippen LogP contribution in [0.2, 0.25) is 0 Å². The Balaban J connectivity index is 2.42. The fourth-order valence-electron chi connectivity index (χ4n) is 1.80. The van der Waals surface area contributed by atoms with E-state index in [-0.39, 0.29) is 5.69 Å². The summed E-state index contributed by atoms with van der Waals surface area (Å²) < 4.78 is 6.23. The van der Waals surface area contributed by atoms with Crippen molar-refractivity contribution in [2.75, 3.05) is 0 Å². The molecule has 0 atom stereocenters. The first-order valence-electron chi connectivity index (χ1n) is 5.81. The molecule has 0 aliphatic heterocycles. The largest absolute Gasteiger partial charge is 0.438 e. The maximum Gasteiger partial charge on any atom is 0.276 e. The van der Waals surface area contributed by atoms with Gasteiger partial charge in [0.25, 0.3) is 5.69 Å². The molecule has 0 bridgehead atoms. The summed E-state index contributed by atoms with van der Waals surface area (Å²) in [7, 11) is 0. The highest BCUT2D eigenvalue weighted by molar-refractivity contribution is 9.10. The van der Waals surface area contributed by atoms with Crippen molar-refractivity contribution in [3.63, 3.8) is 0 Å². The lowest BCUT2D eigenvalue weighted by molar-refractivity contribution is -0.385. The van der Waals surface area contributed by atoms with Gasteiger partial charge in [0, 0.05) is 11.6 Å². The quantitative estimate of drug-likeness (QED) is 0.482. The lowest BCUT2D eigenvalue weighted by Crippen LogP contribution is -1.97. The number of nitro groups is 1. The first kappa shape index (κ1) is 14.4. The Morgan fingerprint density at radius 1 is 1.15 bits per heavy atom. The molecule has 2 rings (SSSR count). The van der Waals surface area contributed by atoms with Crippen LogP contribution in [-0.4, -0.2) is 14.9 Å².